The van der Waals surface area contributed by atoms with Gasteiger partial charge in [0.2, 0.25) is 0 Å². The van der Waals surface area contributed by atoms with Crippen molar-refractivity contribution >= 4 is 17.4 Å². The number of rotatable bonds is 9. The molecule has 4 rings (SSSR count). The molecule has 2 aliphatic rings. The van der Waals surface area contributed by atoms with Crippen molar-refractivity contribution in [3.8, 4) is 5.75 Å². The van der Waals surface area contributed by atoms with E-state index in [4.69, 9.17) is 9.47 Å². The fourth-order valence-electron chi connectivity index (χ4n) is 5.27. The molecule has 1 amide bonds. The van der Waals surface area contributed by atoms with Crippen LogP contribution in [0, 0.1) is 6.92 Å². The molecule has 7 nitrogen and oxygen atoms in total. The summed E-state index contributed by atoms with van der Waals surface area (Å²) in [6, 6.07) is 12.8. The number of aryl methyl sites for hydroxylation is 1. The van der Waals surface area contributed by atoms with Crippen LogP contribution in [0.3, 0.4) is 0 Å². The van der Waals surface area contributed by atoms with Crippen molar-refractivity contribution in [3.05, 3.63) is 70.3 Å². The van der Waals surface area contributed by atoms with Gasteiger partial charge in [-0.15, -0.1) is 0 Å². The number of carbonyl (C=O) groups excluding carboxylic acids is 2. The number of nitrogens with zero attached hydrogens (tertiary/aromatic N) is 2. The number of ether oxygens (including phenoxy) is 2. The molecule has 7 heteroatoms. The Bertz CT molecular complexity index is 1210. The zero-order valence-electron chi connectivity index (χ0n) is 24.0. The minimum absolute atomic E-state index is 0.0306. The van der Waals surface area contributed by atoms with Gasteiger partial charge in [0, 0.05) is 31.7 Å². The fraction of sp³-hybridized carbons (Fsp3) is 0.500. The Morgan fingerprint density at radius 1 is 1.05 bits per heavy atom. The lowest BCUT2D eigenvalue weighted by atomic mass is 9.85. The van der Waals surface area contributed by atoms with Gasteiger partial charge in [-0.05, 0) is 60.1 Å². The van der Waals surface area contributed by atoms with Crippen LogP contribution in [0.25, 0.3) is 5.76 Å². The Morgan fingerprint density at radius 2 is 1.74 bits per heavy atom. The summed E-state index contributed by atoms with van der Waals surface area (Å²) < 4.78 is 11.2. The highest BCUT2D eigenvalue weighted by atomic mass is 16.5. The second-order valence-corrected chi connectivity index (χ2v) is 11.5. The number of carbonyl (C=O) groups is 2. The first kappa shape index (κ1) is 28.8. The number of Topliss-reactive ketones (excluding diaryl/α,β-unsaturated/α-hetero) is 1. The van der Waals surface area contributed by atoms with Crippen LogP contribution in [0.1, 0.15) is 68.8 Å². The van der Waals surface area contributed by atoms with Gasteiger partial charge in [-0.25, -0.2) is 0 Å². The predicted octanol–water partition coefficient (Wildman–Crippen LogP) is 5.23. The molecule has 2 heterocycles. The molecule has 1 N–H and O–H groups in total. The molecule has 2 saturated heterocycles. The summed E-state index contributed by atoms with van der Waals surface area (Å²) in [5.41, 5.74) is 3.39. The molecule has 0 unspecified atom stereocenters. The van der Waals surface area contributed by atoms with E-state index < -0.39 is 17.7 Å². The number of morpholine rings is 1. The summed E-state index contributed by atoms with van der Waals surface area (Å²) in [6.45, 7) is 15.4. The van der Waals surface area contributed by atoms with Crippen LogP contribution < -0.4 is 4.74 Å². The average molecular weight is 535 g/mol. The maximum atomic E-state index is 13.5. The Morgan fingerprint density at radius 3 is 2.36 bits per heavy atom. The van der Waals surface area contributed by atoms with E-state index in [9.17, 15) is 14.7 Å². The van der Waals surface area contributed by atoms with Crippen LogP contribution in [0.15, 0.2) is 48.0 Å². The van der Waals surface area contributed by atoms with Crippen LogP contribution >= 0.6 is 0 Å². The van der Waals surface area contributed by atoms with Gasteiger partial charge in [-0.2, -0.15) is 0 Å². The van der Waals surface area contributed by atoms with Crippen LogP contribution in [-0.4, -0.2) is 72.6 Å². The average Bonchev–Trinajstić information content (AvgIpc) is 3.17. The highest BCUT2D eigenvalue weighted by Gasteiger charge is 2.46. The molecule has 2 aliphatic heterocycles. The number of benzene rings is 2. The second-order valence-electron chi connectivity index (χ2n) is 11.5. The highest BCUT2D eigenvalue weighted by Crippen LogP contribution is 2.41. The van der Waals surface area contributed by atoms with E-state index in [1.165, 1.54) is 0 Å². The standard InChI is InChI=1S/C32H42N2O5/c1-6-18-39-25-12-13-26(22(2)21-25)29(35)27-28(23-8-10-24(11-9-23)32(3,4)5)34(31(37)30(27)36)15-7-14-33-16-19-38-20-17-33/h8-13,21,28,35H,6-7,14-20H2,1-5H3/t28-/m1/s1. The van der Waals surface area contributed by atoms with Crippen molar-refractivity contribution in [3.63, 3.8) is 0 Å². The lowest BCUT2D eigenvalue weighted by molar-refractivity contribution is -0.140. The number of amides is 1. The smallest absolute Gasteiger partial charge is 0.295 e. The van der Waals surface area contributed by atoms with Gasteiger partial charge in [0.1, 0.15) is 11.5 Å². The third-order valence-corrected chi connectivity index (χ3v) is 7.54. The van der Waals surface area contributed by atoms with E-state index in [0.717, 1.165) is 49.2 Å². The molecule has 0 aliphatic carbocycles. The quantitative estimate of drug-likeness (QED) is 0.270. The van der Waals surface area contributed by atoms with Crippen molar-refractivity contribution in [2.24, 2.45) is 0 Å². The first-order valence-electron chi connectivity index (χ1n) is 14.0. The highest BCUT2D eigenvalue weighted by molar-refractivity contribution is 6.46. The lowest BCUT2D eigenvalue weighted by Gasteiger charge is -2.29. The molecule has 2 fully saturated rings. The Kier molecular flexibility index (Phi) is 9.13. The van der Waals surface area contributed by atoms with E-state index in [1.807, 2.05) is 44.2 Å². The molecule has 1 atom stereocenters. The van der Waals surface area contributed by atoms with Crippen molar-refractivity contribution in [1.82, 2.24) is 9.80 Å². The van der Waals surface area contributed by atoms with E-state index in [0.29, 0.717) is 37.7 Å². The number of ketones is 1. The Hall–Kier alpha value is -3.16. The zero-order valence-corrected chi connectivity index (χ0v) is 24.0. The predicted molar refractivity (Wildman–Crippen MR) is 153 cm³/mol. The van der Waals surface area contributed by atoms with E-state index >= 15 is 0 Å². The molecule has 210 valence electrons. The molecule has 0 saturated carbocycles. The molecule has 0 spiro atoms. The van der Waals surface area contributed by atoms with Gasteiger partial charge < -0.3 is 19.5 Å². The molecule has 2 aromatic carbocycles. The van der Waals surface area contributed by atoms with Gasteiger partial charge in [0.05, 0.1) is 31.4 Å². The lowest BCUT2D eigenvalue weighted by Crippen LogP contribution is -2.39. The largest absolute Gasteiger partial charge is 0.507 e. The van der Waals surface area contributed by atoms with Crippen molar-refractivity contribution < 1.29 is 24.2 Å². The van der Waals surface area contributed by atoms with Gasteiger partial charge in [-0.3, -0.25) is 14.5 Å². The van der Waals surface area contributed by atoms with Crippen molar-refractivity contribution in [2.75, 3.05) is 46.0 Å². The first-order chi connectivity index (χ1) is 18.6. The van der Waals surface area contributed by atoms with Gasteiger partial charge in [0.15, 0.2) is 0 Å². The summed E-state index contributed by atoms with van der Waals surface area (Å²) in [7, 11) is 0. The minimum Gasteiger partial charge on any atom is -0.507 e. The van der Waals surface area contributed by atoms with E-state index in [1.54, 1.807) is 17.0 Å². The summed E-state index contributed by atoms with van der Waals surface area (Å²) in [6.07, 6.45) is 1.62. The van der Waals surface area contributed by atoms with Gasteiger partial charge in [0.25, 0.3) is 11.7 Å². The van der Waals surface area contributed by atoms with Gasteiger partial charge in [-0.1, -0.05) is 52.0 Å². The van der Waals surface area contributed by atoms with Crippen molar-refractivity contribution in [1.29, 1.82) is 0 Å². The van der Waals surface area contributed by atoms with Crippen LogP contribution in [-0.2, 0) is 19.7 Å². The third kappa shape index (κ3) is 6.53. The number of likely N-dealkylation sites (tertiary alicyclic amines) is 1. The molecule has 39 heavy (non-hydrogen) atoms. The summed E-state index contributed by atoms with van der Waals surface area (Å²) >= 11 is 0. The Balaban J connectivity index is 1.70. The maximum absolute atomic E-state index is 13.5. The SMILES string of the molecule is CCCOc1ccc(C(O)=C2C(=O)C(=O)N(CCCN3CCOCC3)[C@@H]2c2ccc(C(C)(C)C)cc2)c(C)c1. The van der Waals surface area contributed by atoms with Crippen LogP contribution in [0.5, 0.6) is 5.75 Å². The van der Waals surface area contributed by atoms with Crippen molar-refractivity contribution in [2.45, 2.75) is 58.9 Å². The molecule has 0 aromatic heterocycles. The normalized spacial score (nSPS) is 20.0. The topological polar surface area (TPSA) is 79.3 Å². The number of hydrogen-bond acceptors (Lipinski definition) is 6. The monoisotopic (exact) mass is 534 g/mol. The maximum Gasteiger partial charge on any atom is 0.295 e. The fourth-order valence-corrected chi connectivity index (χ4v) is 5.27. The first-order valence-corrected chi connectivity index (χ1v) is 14.0. The number of hydrogen-bond donors (Lipinski definition) is 1. The third-order valence-electron chi connectivity index (χ3n) is 7.54. The Labute approximate surface area is 232 Å². The van der Waals surface area contributed by atoms with E-state index in [-0.39, 0.29) is 16.7 Å². The summed E-state index contributed by atoms with van der Waals surface area (Å²) in [4.78, 5) is 30.8. The minimum atomic E-state index is -0.654. The second kappa shape index (κ2) is 12.3. The van der Waals surface area contributed by atoms with Crippen LogP contribution in [0.2, 0.25) is 0 Å². The number of aliphatic hydroxyl groups excluding tert-OH is 1. The molecule has 0 bridgehead atoms. The molecular formula is C32H42N2O5. The molecule has 0 radical (unpaired) electrons. The number of aliphatic hydroxyl groups is 1. The molecule has 2 aromatic rings. The van der Waals surface area contributed by atoms with E-state index in [2.05, 4.69) is 25.7 Å². The summed E-state index contributed by atoms with van der Waals surface area (Å²) in [5.74, 6) is -0.643. The van der Waals surface area contributed by atoms with Crippen LogP contribution in [0.4, 0.5) is 0 Å². The zero-order chi connectivity index (χ0) is 28.2. The summed E-state index contributed by atoms with van der Waals surface area (Å²) in [5, 5.41) is 11.5. The molecular weight excluding hydrogens is 492 g/mol. The van der Waals surface area contributed by atoms with Gasteiger partial charge >= 0.3 is 0 Å².